The summed E-state index contributed by atoms with van der Waals surface area (Å²) >= 11 is 0. The Hall–Kier alpha value is -3.20. The largest absolute Gasteiger partial charge is 0.504 e. The molecule has 6 heteroatoms. The second-order valence-electron chi connectivity index (χ2n) is 5.42. The number of benzene rings is 1. The predicted octanol–water partition coefficient (Wildman–Crippen LogP) is 4.45. The molecule has 0 spiro atoms. The highest BCUT2D eigenvalue weighted by atomic mass is 16.3. The van der Waals surface area contributed by atoms with Crippen LogP contribution in [0.1, 0.15) is 31.0 Å². The van der Waals surface area contributed by atoms with Gasteiger partial charge in [0, 0.05) is 6.20 Å². The van der Waals surface area contributed by atoms with Crippen LogP contribution in [0.3, 0.4) is 0 Å². The molecular weight excluding hydrogens is 290 g/mol. The molecule has 114 valence electrons. The SMILES string of the molecule is CC(C)c1nc2c(O)cccn2c1N=Nc1cccc(C#N)c1. The normalized spacial score (nSPS) is 11.4. The van der Waals surface area contributed by atoms with Gasteiger partial charge in [-0.2, -0.15) is 5.26 Å². The molecule has 0 aliphatic rings. The van der Waals surface area contributed by atoms with Crippen LogP contribution >= 0.6 is 0 Å². The third kappa shape index (κ3) is 2.77. The summed E-state index contributed by atoms with van der Waals surface area (Å²) in [5.74, 6) is 0.810. The van der Waals surface area contributed by atoms with Gasteiger partial charge in [-0.05, 0) is 36.2 Å². The van der Waals surface area contributed by atoms with E-state index in [1.807, 2.05) is 13.8 Å². The van der Waals surface area contributed by atoms with Crippen LogP contribution in [0.15, 0.2) is 52.8 Å². The summed E-state index contributed by atoms with van der Waals surface area (Å²) in [4.78, 5) is 4.46. The minimum absolute atomic E-state index is 0.0994. The molecule has 3 rings (SSSR count). The molecule has 0 unspecified atom stereocenters. The maximum absolute atomic E-state index is 9.95. The topological polar surface area (TPSA) is 86.0 Å². The molecule has 0 saturated carbocycles. The predicted molar refractivity (Wildman–Crippen MR) is 86.3 cm³/mol. The summed E-state index contributed by atoms with van der Waals surface area (Å²) in [5, 5.41) is 27.4. The average Bonchev–Trinajstić information content (AvgIpc) is 2.93. The van der Waals surface area contributed by atoms with Crippen LogP contribution in [0, 0.1) is 11.3 Å². The number of rotatable bonds is 3. The van der Waals surface area contributed by atoms with E-state index >= 15 is 0 Å². The van der Waals surface area contributed by atoms with Gasteiger partial charge in [-0.15, -0.1) is 10.2 Å². The van der Waals surface area contributed by atoms with Gasteiger partial charge < -0.3 is 5.11 Å². The Morgan fingerprint density at radius 1 is 1.22 bits per heavy atom. The molecule has 23 heavy (non-hydrogen) atoms. The Labute approximate surface area is 133 Å². The Balaban J connectivity index is 2.11. The Bertz CT molecular complexity index is 934. The van der Waals surface area contributed by atoms with Crippen molar-refractivity contribution in [3.8, 4) is 11.8 Å². The highest BCUT2D eigenvalue weighted by molar-refractivity contribution is 5.60. The lowest BCUT2D eigenvalue weighted by Crippen LogP contribution is -1.87. The molecule has 1 aromatic carbocycles. The molecule has 0 saturated heterocycles. The van der Waals surface area contributed by atoms with Crippen molar-refractivity contribution in [3.63, 3.8) is 0 Å². The number of hydrogen-bond acceptors (Lipinski definition) is 5. The molecule has 2 heterocycles. The Morgan fingerprint density at radius 2 is 2.04 bits per heavy atom. The van der Waals surface area contributed by atoms with E-state index in [9.17, 15) is 5.11 Å². The first-order chi connectivity index (χ1) is 11.1. The lowest BCUT2D eigenvalue weighted by atomic mass is 10.1. The van der Waals surface area contributed by atoms with Crippen LogP contribution < -0.4 is 0 Å². The summed E-state index contributed by atoms with van der Waals surface area (Å²) < 4.78 is 1.71. The van der Waals surface area contributed by atoms with Gasteiger partial charge in [0.15, 0.2) is 17.2 Å². The number of azo groups is 1. The highest BCUT2D eigenvalue weighted by Gasteiger charge is 2.16. The fraction of sp³-hybridized carbons (Fsp3) is 0.176. The van der Waals surface area contributed by atoms with Crippen molar-refractivity contribution in [2.75, 3.05) is 0 Å². The molecule has 0 bridgehead atoms. The fourth-order valence-corrected chi connectivity index (χ4v) is 2.29. The second-order valence-corrected chi connectivity index (χ2v) is 5.42. The number of aromatic nitrogens is 2. The minimum atomic E-state index is 0.0994. The quantitative estimate of drug-likeness (QED) is 0.725. The Kier molecular flexibility index (Phi) is 3.77. The zero-order valence-corrected chi connectivity index (χ0v) is 12.8. The number of aromatic hydroxyl groups is 1. The lowest BCUT2D eigenvalue weighted by molar-refractivity contribution is 0.477. The molecule has 6 nitrogen and oxygen atoms in total. The molecule has 0 fully saturated rings. The minimum Gasteiger partial charge on any atom is -0.504 e. The molecular formula is C17H15N5O. The van der Waals surface area contributed by atoms with Gasteiger partial charge in [-0.1, -0.05) is 19.9 Å². The van der Waals surface area contributed by atoms with Crippen LogP contribution in [0.2, 0.25) is 0 Å². The van der Waals surface area contributed by atoms with Crippen LogP contribution in [-0.4, -0.2) is 14.5 Å². The molecule has 1 N–H and O–H groups in total. The van der Waals surface area contributed by atoms with Crippen molar-refractivity contribution in [3.05, 3.63) is 53.9 Å². The number of nitrogens with zero attached hydrogens (tertiary/aromatic N) is 5. The van der Waals surface area contributed by atoms with E-state index in [0.717, 1.165) is 5.69 Å². The van der Waals surface area contributed by atoms with Crippen molar-refractivity contribution in [1.29, 1.82) is 5.26 Å². The number of nitriles is 1. The smallest absolute Gasteiger partial charge is 0.183 e. The van der Waals surface area contributed by atoms with Crippen LogP contribution in [-0.2, 0) is 0 Å². The van der Waals surface area contributed by atoms with E-state index < -0.39 is 0 Å². The van der Waals surface area contributed by atoms with Gasteiger partial charge >= 0.3 is 0 Å². The van der Waals surface area contributed by atoms with Gasteiger partial charge in [-0.25, -0.2) is 4.98 Å². The summed E-state index contributed by atoms with van der Waals surface area (Å²) in [5.41, 5.74) is 2.33. The van der Waals surface area contributed by atoms with Gasteiger partial charge in [0.2, 0.25) is 0 Å². The maximum atomic E-state index is 9.95. The molecule has 0 atom stereocenters. The first kappa shape index (κ1) is 14.7. The zero-order valence-electron chi connectivity index (χ0n) is 12.8. The van der Waals surface area contributed by atoms with Crippen molar-refractivity contribution in [1.82, 2.24) is 9.38 Å². The molecule has 0 aliphatic carbocycles. The highest BCUT2D eigenvalue weighted by Crippen LogP contribution is 2.32. The van der Waals surface area contributed by atoms with Gasteiger partial charge in [0.25, 0.3) is 0 Å². The van der Waals surface area contributed by atoms with Crippen LogP contribution in [0.4, 0.5) is 11.5 Å². The molecule has 0 aliphatic heterocycles. The fourth-order valence-electron chi connectivity index (χ4n) is 2.29. The number of hydrogen-bond donors (Lipinski definition) is 1. The standard InChI is InChI=1S/C17H15N5O/c1-11(2)15-17(22-8-4-7-14(23)16(22)19-15)21-20-13-6-3-5-12(9-13)10-18/h3-9,11,23H,1-2H3. The third-order valence-electron chi connectivity index (χ3n) is 3.41. The van der Waals surface area contributed by atoms with E-state index in [1.165, 1.54) is 0 Å². The monoisotopic (exact) mass is 305 g/mol. The Morgan fingerprint density at radius 3 is 2.78 bits per heavy atom. The second kappa shape index (κ2) is 5.89. The summed E-state index contributed by atoms with van der Waals surface area (Å²) in [7, 11) is 0. The van der Waals surface area contributed by atoms with E-state index in [-0.39, 0.29) is 11.7 Å². The molecule has 0 radical (unpaired) electrons. The molecule has 3 aromatic rings. The zero-order chi connectivity index (χ0) is 16.4. The van der Waals surface area contributed by atoms with E-state index in [0.29, 0.717) is 22.7 Å². The number of pyridine rings is 1. The van der Waals surface area contributed by atoms with E-state index in [1.54, 1.807) is 47.0 Å². The number of fused-ring (bicyclic) bond motifs is 1. The van der Waals surface area contributed by atoms with E-state index in [4.69, 9.17) is 5.26 Å². The summed E-state index contributed by atoms with van der Waals surface area (Å²) in [6.45, 7) is 4.02. The third-order valence-corrected chi connectivity index (χ3v) is 3.41. The van der Waals surface area contributed by atoms with Crippen molar-refractivity contribution in [2.24, 2.45) is 10.2 Å². The van der Waals surface area contributed by atoms with Crippen molar-refractivity contribution < 1.29 is 5.11 Å². The maximum Gasteiger partial charge on any atom is 0.183 e. The first-order valence-corrected chi connectivity index (χ1v) is 7.22. The summed E-state index contributed by atoms with van der Waals surface area (Å²) in [6, 6.07) is 12.3. The van der Waals surface area contributed by atoms with Crippen molar-refractivity contribution in [2.45, 2.75) is 19.8 Å². The van der Waals surface area contributed by atoms with Crippen LogP contribution in [0.25, 0.3) is 5.65 Å². The first-order valence-electron chi connectivity index (χ1n) is 7.22. The van der Waals surface area contributed by atoms with Crippen LogP contribution in [0.5, 0.6) is 5.75 Å². The lowest BCUT2D eigenvalue weighted by Gasteiger charge is -2.01. The molecule has 0 amide bonds. The van der Waals surface area contributed by atoms with Gasteiger partial charge in [0.05, 0.1) is 23.0 Å². The molecule has 2 aromatic heterocycles. The average molecular weight is 305 g/mol. The summed E-state index contributed by atoms with van der Waals surface area (Å²) in [6.07, 6.45) is 1.79. The number of imidazole rings is 1. The van der Waals surface area contributed by atoms with Crippen molar-refractivity contribution >= 4 is 17.2 Å². The van der Waals surface area contributed by atoms with Gasteiger partial charge in [0.1, 0.15) is 0 Å². The van der Waals surface area contributed by atoms with E-state index in [2.05, 4.69) is 21.3 Å². The van der Waals surface area contributed by atoms with Gasteiger partial charge in [-0.3, -0.25) is 4.40 Å².